The maximum Gasteiger partial charge on any atom is 0.151 e. The number of nitrogens with one attached hydrogen (secondary N) is 1. The van der Waals surface area contributed by atoms with Gasteiger partial charge in [0.05, 0.1) is 17.6 Å². The lowest BCUT2D eigenvalue weighted by atomic mass is 9.96. The second-order valence-electron chi connectivity index (χ2n) is 4.65. The van der Waals surface area contributed by atoms with Gasteiger partial charge in [0.2, 0.25) is 0 Å². The van der Waals surface area contributed by atoms with E-state index in [-0.39, 0.29) is 23.7 Å². The van der Waals surface area contributed by atoms with Gasteiger partial charge >= 0.3 is 0 Å². The molecule has 0 bridgehead atoms. The Labute approximate surface area is 98.4 Å². The third-order valence-electron chi connectivity index (χ3n) is 3.44. The Morgan fingerprint density at radius 1 is 1.38 bits per heavy atom. The fraction of sp³-hybridized carbons (Fsp3) is 1.00. The van der Waals surface area contributed by atoms with E-state index in [0.29, 0.717) is 18.9 Å². The lowest BCUT2D eigenvalue weighted by Gasteiger charge is -2.22. The van der Waals surface area contributed by atoms with Crippen molar-refractivity contribution in [2.75, 3.05) is 18.1 Å². The molecule has 1 aliphatic rings. The molecular formula is C11H23NO3S. The van der Waals surface area contributed by atoms with E-state index in [0.717, 1.165) is 12.8 Å². The first kappa shape index (κ1) is 13.9. The van der Waals surface area contributed by atoms with Gasteiger partial charge in [0, 0.05) is 12.6 Å². The quantitative estimate of drug-likeness (QED) is 0.722. The van der Waals surface area contributed by atoms with Crippen molar-refractivity contribution >= 4 is 9.84 Å². The minimum atomic E-state index is -2.82. The Bertz CT molecular complexity index is 298. The average molecular weight is 249 g/mol. The van der Waals surface area contributed by atoms with Crippen molar-refractivity contribution < 1.29 is 13.5 Å². The Morgan fingerprint density at radius 2 is 2.00 bits per heavy atom. The van der Waals surface area contributed by atoms with Crippen LogP contribution in [0.2, 0.25) is 0 Å². The Kier molecular flexibility index (Phi) is 5.21. The zero-order valence-electron chi connectivity index (χ0n) is 10.1. The molecular weight excluding hydrogens is 226 g/mol. The summed E-state index contributed by atoms with van der Waals surface area (Å²) in [6.45, 7) is 4.64. The van der Waals surface area contributed by atoms with Crippen molar-refractivity contribution in [3.8, 4) is 0 Å². The lowest BCUT2D eigenvalue weighted by Crippen LogP contribution is -2.39. The van der Waals surface area contributed by atoms with Crippen molar-refractivity contribution in [2.24, 2.45) is 5.92 Å². The predicted octanol–water partition coefficient (Wildman–Crippen LogP) is 0.560. The van der Waals surface area contributed by atoms with E-state index in [1.54, 1.807) is 0 Å². The molecule has 1 rings (SSSR count). The van der Waals surface area contributed by atoms with Crippen LogP contribution in [0.1, 0.15) is 33.1 Å². The van der Waals surface area contributed by atoms with Gasteiger partial charge in [-0.2, -0.15) is 0 Å². The summed E-state index contributed by atoms with van der Waals surface area (Å²) >= 11 is 0. The minimum absolute atomic E-state index is 0.0361. The van der Waals surface area contributed by atoms with Gasteiger partial charge in [0.15, 0.2) is 9.84 Å². The van der Waals surface area contributed by atoms with Crippen LogP contribution in [0.3, 0.4) is 0 Å². The summed E-state index contributed by atoms with van der Waals surface area (Å²) in [5.41, 5.74) is 0. The summed E-state index contributed by atoms with van der Waals surface area (Å²) in [6.07, 6.45) is 2.24. The van der Waals surface area contributed by atoms with Crippen LogP contribution in [0.15, 0.2) is 0 Å². The third-order valence-corrected chi connectivity index (χ3v) is 5.21. The van der Waals surface area contributed by atoms with Crippen molar-refractivity contribution in [2.45, 2.75) is 45.3 Å². The topological polar surface area (TPSA) is 66.4 Å². The second kappa shape index (κ2) is 5.98. The maximum atomic E-state index is 11.2. The maximum absolute atomic E-state index is 11.2. The van der Waals surface area contributed by atoms with Gasteiger partial charge in [-0.3, -0.25) is 0 Å². The molecule has 0 aliphatic carbocycles. The molecule has 1 heterocycles. The van der Waals surface area contributed by atoms with Crippen molar-refractivity contribution in [3.05, 3.63) is 0 Å². The van der Waals surface area contributed by atoms with E-state index in [1.807, 2.05) is 0 Å². The first-order valence-electron chi connectivity index (χ1n) is 6.10. The second-order valence-corrected chi connectivity index (χ2v) is 6.88. The average Bonchev–Trinajstić information content (AvgIpc) is 2.57. The van der Waals surface area contributed by atoms with E-state index >= 15 is 0 Å². The molecule has 16 heavy (non-hydrogen) atoms. The molecule has 0 aromatic heterocycles. The smallest absolute Gasteiger partial charge is 0.151 e. The molecule has 1 aliphatic heterocycles. The highest BCUT2D eigenvalue weighted by molar-refractivity contribution is 7.91. The van der Waals surface area contributed by atoms with Crippen molar-refractivity contribution in [1.29, 1.82) is 0 Å². The van der Waals surface area contributed by atoms with Crippen LogP contribution in [-0.2, 0) is 9.84 Å². The zero-order chi connectivity index (χ0) is 12.2. The number of aliphatic hydroxyl groups is 1. The molecule has 1 fully saturated rings. The van der Waals surface area contributed by atoms with E-state index in [1.165, 1.54) is 0 Å². The standard InChI is InChI=1S/C11H23NO3S/c1-3-9(4-2)11(13)7-12-10-5-6-16(14,15)8-10/h9-13H,3-8H2,1-2H3. The van der Waals surface area contributed by atoms with E-state index < -0.39 is 9.84 Å². The minimum Gasteiger partial charge on any atom is -0.392 e. The molecule has 0 saturated carbocycles. The molecule has 0 amide bonds. The Morgan fingerprint density at radius 3 is 2.44 bits per heavy atom. The van der Waals surface area contributed by atoms with Gasteiger partial charge in [0.25, 0.3) is 0 Å². The van der Waals surface area contributed by atoms with E-state index in [2.05, 4.69) is 19.2 Å². The molecule has 96 valence electrons. The van der Waals surface area contributed by atoms with Crippen LogP contribution < -0.4 is 5.32 Å². The van der Waals surface area contributed by atoms with Crippen LogP contribution in [0.25, 0.3) is 0 Å². The zero-order valence-corrected chi connectivity index (χ0v) is 11.0. The fourth-order valence-electron chi connectivity index (χ4n) is 2.24. The number of hydrogen-bond acceptors (Lipinski definition) is 4. The normalized spacial score (nSPS) is 26.1. The largest absolute Gasteiger partial charge is 0.392 e. The molecule has 2 unspecified atom stereocenters. The summed E-state index contributed by atoms with van der Waals surface area (Å²) in [4.78, 5) is 0. The highest BCUT2D eigenvalue weighted by Crippen LogP contribution is 2.14. The molecule has 0 radical (unpaired) electrons. The molecule has 2 N–H and O–H groups in total. The molecule has 0 spiro atoms. The molecule has 4 nitrogen and oxygen atoms in total. The molecule has 5 heteroatoms. The molecule has 2 atom stereocenters. The first-order chi connectivity index (χ1) is 7.48. The van der Waals surface area contributed by atoms with Gasteiger partial charge in [-0.25, -0.2) is 8.42 Å². The SMILES string of the molecule is CCC(CC)C(O)CNC1CCS(=O)(=O)C1. The molecule has 0 aromatic rings. The number of hydrogen-bond donors (Lipinski definition) is 2. The van der Waals surface area contributed by atoms with Crippen LogP contribution in [-0.4, -0.2) is 43.7 Å². The number of aliphatic hydroxyl groups excluding tert-OH is 1. The highest BCUT2D eigenvalue weighted by atomic mass is 32.2. The monoisotopic (exact) mass is 249 g/mol. The van der Waals surface area contributed by atoms with Gasteiger partial charge in [-0.15, -0.1) is 0 Å². The van der Waals surface area contributed by atoms with Crippen molar-refractivity contribution in [1.82, 2.24) is 5.32 Å². The predicted molar refractivity (Wildman–Crippen MR) is 65.1 cm³/mol. The van der Waals surface area contributed by atoms with Gasteiger partial charge < -0.3 is 10.4 Å². The van der Waals surface area contributed by atoms with Crippen LogP contribution in [0, 0.1) is 5.92 Å². The van der Waals surface area contributed by atoms with E-state index in [9.17, 15) is 13.5 Å². The number of sulfone groups is 1. The first-order valence-corrected chi connectivity index (χ1v) is 7.92. The van der Waals surface area contributed by atoms with Crippen molar-refractivity contribution in [3.63, 3.8) is 0 Å². The van der Waals surface area contributed by atoms with Gasteiger partial charge in [-0.1, -0.05) is 26.7 Å². The van der Waals surface area contributed by atoms with E-state index in [4.69, 9.17) is 0 Å². The summed E-state index contributed by atoms with van der Waals surface area (Å²) in [5, 5.41) is 13.0. The Balaban J connectivity index is 2.30. The summed E-state index contributed by atoms with van der Waals surface area (Å²) in [6, 6.07) is 0.0361. The van der Waals surface area contributed by atoms with Gasteiger partial charge in [0.1, 0.15) is 0 Å². The Hall–Kier alpha value is -0.130. The van der Waals surface area contributed by atoms with Crippen LogP contribution >= 0.6 is 0 Å². The number of rotatable bonds is 6. The lowest BCUT2D eigenvalue weighted by molar-refractivity contribution is 0.0991. The summed E-state index contributed by atoms with van der Waals surface area (Å²) < 4.78 is 22.5. The fourth-order valence-corrected chi connectivity index (χ4v) is 3.95. The molecule has 0 aromatic carbocycles. The molecule has 1 saturated heterocycles. The highest BCUT2D eigenvalue weighted by Gasteiger charge is 2.28. The summed E-state index contributed by atoms with van der Waals surface area (Å²) in [7, 11) is -2.82. The van der Waals surface area contributed by atoms with Gasteiger partial charge in [-0.05, 0) is 12.3 Å². The third kappa shape index (κ3) is 4.03. The van der Waals surface area contributed by atoms with Crippen LogP contribution in [0.5, 0.6) is 0 Å². The van der Waals surface area contributed by atoms with Crippen LogP contribution in [0.4, 0.5) is 0 Å². The summed E-state index contributed by atoms with van der Waals surface area (Å²) in [5.74, 6) is 0.819.